The van der Waals surface area contributed by atoms with E-state index in [1.807, 2.05) is 13.0 Å². The summed E-state index contributed by atoms with van der Waals surface area (Å²) in [5.41, 5.74) is 3.35. The van der Waals surface area contributed by atoms with Gasteiger partial charge in [0.1, 0.15) is 6.61 Å². The average molecular weight is 358 g/mol. The first kappa shape index (κ1) is 18.3. The minimum Gasteiger partial charge on any atom is -0.396 e. The molecule has 3 fully saturated rings. The molecule has 0 aromatic rings. The van der Waals surface area contributed by atoms with E-state index in [9.17, 15) is 4.79 Å². The first-order valence-corrected chi connectivity index (χ1v) is 10.8. The molecule has 26 heavy (non-hydrogen) atoms. The van der Waals surface area contributed by atoms with Crippen LogP contribution in [-0.2, 0) is 9.63 Å². The molecular weight excluding hydrogens is 322 g/mol. The third-order valence-corrected chi connectivity index (χ3v) is 8.80. The molecule has 0 radical (unpaired) electrons. The lowest BCUT2D eigenvalue weighted by Crippen LogP contribution is -2.51. The topological polar surface area (TPSA) is 38.7 Å². The van der Waals surface area contributed by atoms with Crippen LogP contribution in [0.25, 0.3) is 0 Å². The standard InChI is InChI=1S/C23H35NO2/c1-5-26-24-15(2)19-8-9-20-18-7-6-16-14-17(25)10-12-22(16,3)21(18)11-13-23(19,20)4/h14,18-21H,5-13H2,1-4H3/b24-15+/t18-,19+,20-,21-,22-,23+/m0/s1. The average Bonchev–Trinajstić information content (AvgIpc) is 2.97. The van der Waals surface area contributed by atoms with E-state index in [1.54, 1.807) is 0 Å². The predicted molar refractivity (Wildman–Crippen MR) is 105 cm³/mol. The van der Waals surface area contributed by atoms with Crippen molar-refractivity contribution in [2.24, 2.45) is 39.7 Å². The molecule has 144 valence electrons. The van der Waals surface area contributed by atoms with Crippen LogP contribution < -0.4 is 0 Å². The largest absolute Gasteiger partial charge is 0.396 e. The second-order valence-electron chi connectivity index (χ2n) is 9.79. The zero-order valence-corrected chi connectivity index (χ0v) is 17.0. The molecule has 4 aliphatic rings. The van der Waals surface area contributed by atoms with Crippen molar-refractivity contribution >= 4 is 11.5 Å². The Bertz CT molecular complexity index is 651. The van der Waals surface area contributed by atoms with Crippen molar-refractivity contribution in [1.29, 1.82) is 0 Å². The molecule has 0 amide bonds. The van der Waals surface area contributed by atoms with Crippen molar-refractivity contribution < 1.29 is 9.63 Å². The van der Waals surface area contributed by atoms with Crippen LogP contribution in [-0.4, -0.2) is 18.1 Å². The minimum atomic E-state index is 0.282. The number of oxime groups is 1. The van der Waals surface area contributed by atoms with E-state index in [-0.39, 0.29) is 5.41 Å². The lowest BCUT2D eigenvalue weighted by atomic mass is 9.46. The van der Waals surface area contributed by atoms with Crippen molar-refractivity contribution in [2.75, 3.05) is 6.61 Å². The summed E-state index contributed by atoms with van der Waals surface area (Å²) in [7, 11) is 0. The van der Waals surface area contributed by atoms with Gasteiger partial charge in [-0.05, 0) is 93.5 Å². The molecule has 0 unspecified atom stereocenters. The molecule has 0 aromatic heterocycles. The first-order chi connectivity index (χ1) is 12.4. The lowest BCUT2D eigenvalue weighted by Gasteiger charge is -2.58. The maximum Gasteiger partial charge on any atom is 0.155 e. The number of nitrogens with zero attached hydrogens (tertiary/aromatic N) is 1. The summed E-state index contributed by atoms with van der Waals surface area (Å²) in [6.45, 7) is 9.84. The van der Waals surface area contributed by atoms with Gasteiger partial charge in [0.2, 0.25) is 0 Å². The molecule has 3 nitrogen and oxygen atoms in total. The fourth-order valence-corrected chi connectivity index (χ4v) is 7.48. The van der Waals surface area contributed by atoms with E-state index in [0.717, 1.165) is 37.0 Å². The van der Waals surface area contributed by atoms with Crippen LogP contribution in [0.15, 0.2) is 16.8 Å². The minimum absolute atomic E-state index is 0.282. The van der Waals surface area contributed by atoms with Crippen molar-refractivity contribution in [3.63, 3.8) is 0 Å². The Morgan fingerprint density at radius 3 is 2.73 bits per heavy atom. The van der Waals surface area contributed by atoms with Crippen molar-refractivity contribution in [3.05, 3.63) is 11.6 Å². The van der Waals surface area contributed by atoms with Crippen LogP contribution >= 0.6 is 0 Å². The van der Waals surface area contributed by atoms with E-state index in [2.05, 4.69) is 25.9 Å². The van der Waals surface area contributed by atoms with Gasteiger partial charge < -0.3 is 4.84 Å². The molecule has 4 rings (SSSR count). The van der Waals surface area contributed by atoms with Crippen molar-refractivity contribution in [2.45, 2.75) is 79.1 Å². The van der Waals surface area contributed by atoms with Gasteiger partial charge in [-0.25, -0.2) is 0 Å². The number of rotatable bonds is 3. The summed E-state index contributed by atoms with van der Waals surface area (Å²) >= 11 is 0. The number of allylic oxidation sites excluding steroid dienone is 1. The van der Waals surface area contributed by atoms with Crippen molar-refractivity contribution in [3.8, 4) is 0 Å². The van der Waals surface area contributed by atoms with Gasteiger partial charge in [0.25, 0.3) is 0 Å². The second-order valence-corrected chi connectivity index (χ2v) is 9.79. The third-order valence-electron chi connectivity index (χ3n) is 8.80. The highest BCUT2D eigenvalue weighted by molar-refractivity contribution is 5.91. The van der Waals surface area contributed by atoms with Crippen LogP contribution in [0.3, 0.4) is 0 Å². The van der Waals surface area contributed by atoms with Gasteiger partial charge in [-0.2, -0.15) is 0 Å². The Morgan fingerprint density at radius 1 is 1.15 bits per heavy atom. The van der Waals surface area contributed by atoms with E-state index >= 15 is 0 Å². The number of carbonyl (C=O) groups is 1. The molecule has 0 bridgehead atoms. The van der Waals surface area contributed by atoms with Crippen molar-refractivity contribution in [1.82, 2.24) is 0 Å². The molecule has 0 aliphatic heterocycles. The zero-order chi connectivity index (χ0) is 18.5. The molecule has 3 saturated carbocycles. The highest BCUT2D eigenvalue weighted by atomic mass is 16.6. The fourth-order valence-electron chi connectivity index (χ4n) is 7.48. The molecule has 0 spiro atoms. The molecule has 0 N–H and O–H groups in total. The molecule has 0 heterocycles. The molecule has 6 atom stereocenters. The Morgan fingerprint density at radius 2 is 1.96 bits per heavy atom. The van der Waals surface area contributed by atoms with Gasteiger partial charge in [0.05, 0.1) is 5.71 Å². The number of fused-ring (bicyclic) bond motifs is 5. The molecular formula is C23H35NO2. The highest BCUT2D eigenvalue weighted by Gasteiger charge is 2.59. The Kier molecular flexibility index (Phi) is 4.56. The van der Waals surface area contributed by atoms with Crippen LogP contribution in [0, 0.1) is 34.5 Å². The molecule has 3 heteroatoms. The summed E-state index contributed by atoms with van der Waals surface area (Å²) in [6, 6.07) is 0. The van der Waals surface area contributed by atoms with E-state index < -0.39 is 0 Å². The number of hydrogen-bond acceptors (Lipinski definition) is 3. The Hall–Kier alpha value is -1.12. The summed E-state index contributed by atoms with van der Waals surface area (Å²) < 4.78 is 0. The number of hydrogen-bond donors (Lipinski definition) is 0. The molecule has 0 aromatic carbocycles. The SMILES string of the molecule is CCO/N=C(\C)[C@H]1CC[C@H]2[C@@H]3CCC4=CC(=O)CC[C@]4(C)[C@H]3CC[C@]12C. The van der Waals surface area contributed by atoms with Gasteiger partial charge in [-0.3, -0.25) is 4.79 Å². The van der Waals surface area contributed by atoms with Gasteiger partial charge >= 0.3 is 0 Å². The monoisotopic (exact) mass is 357 g/mol. The number of ketones is 1. The van der Waals surface area contributed by atoms with Gasteiger partial charge in [-0.15, -0.1) is 0 Å². The van der Waals surface area contributed by atoms with Gasteiger partial charge in [0.15, 0.2) is 5.78 Å². The summed E-state index contributed by atoms with van der Waals surface area (Å²) in [5, 5.41) is 4.42. The third kappa shape index (κ3) is 2.60. The van der Waals surface area contributed by atoms with E-state index in [0.29, 0.717) is 23.7 Å². The number of carbonyl (C=O) groups excluding carboxylic acids is 1. The predicted octanol–water partition coefficient (Wildman–Crippen LogP) is 5.55. The Balaban J connectivity index is 1.60. The summed E-state index contributed by atoms with van der Waals surface area (Å²) in [6.07, 6.45) is 11.5. The van der Waals surface area contributed by atoms with Gasteiger partial charge in [-0.1, -0.05) is 24.6 Å². The highest BCUT2D eigenvalue weighted by Crippen LogP contribution is 2.66. The molecule has 0 saturated heterocycles. The normalized spacial score (nSPS) is 45.5. The Labute approximate surface area is 158 Å². The maximum absolute atomic E-state index is 12.0. The smallest absolute Gasteiger partial charge is 0.155 e. The summed E-state index contributed by atoms with van der Waals surface area (Å²) in [5.74, 6) is 3.36. The first-order valence-electron chi connectivity index (χ1n) is 10.8. The maximum atomic E-state index is 12.0. The van der Waals surface area contributed by atoms with Crippen LogP contribution in [0.1, 0.15) is 79.1 Å². The zero-order valence-electron chi connectivity index (χ0n) is 17.0. The van der Waals surface area contributed by atoms with E-state index in [4.69, 9.17) is 4.84 Å². The lowest BCUT2D eigenvalue weighted by molar-refractivity contribution is -0.117. The fraction of sp³-hybridized carbons (Fsp3) is 0.826. The quantitative estimate of drug-likeness (QED) is 0.491. The van der Waals surface area contributed by atoms with Crippen LogP contribution in [0.5, 0.6) is 0 Å². The van der Waals surface area contributed by atoms with Gasteiger partial charge in [0, 0.05) is 12.3 Å². The second kappa shape index (κ2) is 6.49. The molecule has 4 aliphatic carbocycles. The van der Waals surface area contributed by atoms with Crippen LogP contribution in [0.2, 0.25) is 0 Å². The summed E-state index contributed by atoms with van der Waals surface area (Å²) in [4.78, 5) is 17.3. The van der Waals surface area contributed by atoms with Crippen LogP contribution in [0.4, 0.5) is 0 Å². The van der Waals surface area contributed by atoms with E-state index in [1.165, 1.54) is 43.4 Å².